The lowest BCUT2D eigenvalue weighted by Crippen LogP contribution is -2.44. The minimum Gasteiger partial charge on any atom is -0.458 e. The number of H-pyrrole nitrogens is 1. The fraction of sp³-hybridized carbons (Fsp3) is 0.259. The molecule has 0 unspecified atom stereocenters. The van der Waals surface area contributed by atoms with Crippen LogP contribution in [0.4, 0.5) is 15.0 Å². The molecule has 13 nitrogen and oxygen atoms in total. The number of esters is 1. The number of carbonyl (C=O) groups is 2. The van der Waals surface area contributed by atoms with Crippen molar-refractivity contribution in [3.05, 3.63) is 79.4 Å². The molecule has 0 spiro atoms. The van der Waals surface area contributed by atoms with E-state index in [9.17, 15) is 28.7 Å². The highest BCUT2D eigenvalue weighted by Crippen LogP contribution is 2.40. The van der Waals surface area contributed by atoms with Gasteiger partial charge in [-0.2, -0.15) is 4.98 Å². The molecule has 14 heteroatoms. The van der Waals surface area contributed by atoms with Crippen molar-refractivity contribution in [2.45, 2.75) is 45.4 Å². The Morgan fingerprint density at radius 1 is 1.24 bits per heavy atom. The average Bonchev–Trinajstić information content (AvgIpc) is 3.33. The van der Waals surface area contributed by atoms with Crippen LogP contribution < -0.4 is 16.0 Å². The van der Waals surface area contributed by atoms with E-state index in [0.717, 1.165) is 11.1 Å². The summed E-state index contributed by atoms with van der Waals surface area (Å²) in [6.45, 7) is 3.57. The van der Waals surface area contributed by atoms with Gasteiger partial charge in [-0.15, -0.1) is 5.11 Å². The number of carbonyl (C=O) groups excluding carboxylic acids is 2. The maximum Gasteiger partial charge on any atom is 0.457 e. The van der Waals surface area contributed by atoms with Crippen LogP contribution in [0.25, 0.3) is 22.3 Å². The summed E-state index contributed by atoms with van der Waals surface area (Å²) in [6, 6.07) is 6.37. The van der Waals surface area contributed by atoms with E-state index in [0.29, 0.717) is 34.9 Å². The predicted octanol–water partition coefficient (Wildman–Crippen LogP) is 3.15. The molecule has 1 atom stereocenters. The van der Waals surface area contributed by atoms with Crippen LogP contribution in [0, 0.1) is 5.82 Å². The first-order valence-corrected chi connectivity index (χ1v) is 12.7. The first-order chi connectivity index (χ1) is 19.6. The third-order valence-electron chi connectivity index (χ3n) is 7.31. The number of benzene rings is 1. The Bertz CT molecular complexity index is 1950. The van der Waals surface area contributed by atoms with Gasteiger partial charge in [0, 0.05) is 16.5 Å². The molecular formula is C27H21FN6O7. The van der Waals surface area contributed by atoms with Gasteiger partial charge in [0.2, 0.25) is 0 Å². The van der Waals surface area contributed by atoms with E-state index < -0.39 is 35.0 Å². The number of pyridine rings is 2. The second-order valence-corrected chi connectivity index (χ2v) is 9.51. The Morgan fingerprint density at radius 3 is 2.80 bits per heavy atom. The highest BCUT2D eigenvalue weighted by atomic mass is 19.1. The number of aromatic nitrogens is 4. The molecule has 3 aromatic heterocycles. The minimum absolute atomic E-state index is 0.0381. The van der Waals surface area contributed by atoms with Crippen molar-refractivity contribution in [2.24, 2.45) is 10.2 Å². The number of rotatable bonds is 4. The van der Waals surface area contributed by atoms with Gasteiger partial charge in [-0.3, -0.25) is 9.78 Å². The molecule has 2 aliphatic heterocycles. The zero-order chi connectivity index (χ0) is 29.1. The molecule has 1 amide bonds. The first kappa shape index (κ1) is 26.1. The second-order valence-electron chi connectivity index (χ2n) is 9.51. The number of amides is 1. The summed E-state index contributed by atoms with van der Waals surface area (Å²) in [4.78, 5) is 59.4. The Hall–Kier alpha value is -5.11. The average molecular weight is 560 g/mol. The zero-order valence-electron chi connectivity index (χ0n) is 21.7. The standard InChI is InChI=1S/C27H21FN6O7/c1-3-13-14-7-12(41-26(38)33-32-22-18(28)9-29-25(37)31-22)5-6-19(14)30-21-15(13)10-34-20(21)8-17-16(23(34)35)11-40-24(36)27(17,39)4-2/h5-9,39H,3-4,10-11H2,1-2H3,(H,29,31,37)/t27-/m0/s1. The van der Waals surface area contributed by atoms with E-state index in [1.54, 1.807) is 29.7 Å². The van der Waals surface area contributed by atoms with Crippen molar-refractivity contribution in [2.75, 3.05) is 0 Å². The van der Waals surface area contributed by atoms with Crippen molar-refractivity contribution in [3.63, 3.8) is 0 Å². The molecule has 0 fully saturated rings. The van der Waals surface area contributed by atoms with Crippen LogP contribution in [-0.2, 0) is 34.7 Å². The lowest BCUT2D eigenvalue weighted by molar-refractivity contribution is -0.172. The highest BCUT2D eigenvalue weighted by Gasteiger charge is 2.45. The molecule has 0 radical (unpaired) electrons. The normalized spacial score (nSPS) is 17.3. The van der Waals surface area contributed by atoms with Gasteiger partial charge >= 0.3 is 17.8 Å². The van der Waals surface area contributed by atoms with Crippen LogP contribution >= 0.6 is 0 Å². The summed E-state index contributed by atoms with van der Waals surface area (Å²) >= 11 is 0. The molecule has 208 valence electrons. The molecule has 0 aliphatic carbocycles. The van der Waals surface area contributed by atoms with Crippen LogP contribution in [0.5, 0.6) is 5.75 Å². The number of nitrogens with one attached hydrogen (secondary N) is 1. The third kappa shape index (κ3) is 4.10. The molecular weight excluding hydrogens is 539 g/mol. The van der Waals surface area contributed by atoms with Crippen molar-refractivity contribution in [3.8, 4) is 17.1 Å². The molecule has 0 saturated carbocycles. The van der Waals surface area contributed by atoms with Crippen LogP contribution in [0.3, 0.4) is 0 Å². The predicted molar refractivity (Wildman–Crippen MR) is 139 cm³/mol. The van der Waals surface area contributed by atoms with Gasteiger partial charge in [-0.25, -0.2) is 23.8 Å². The van der Waals surface area contributed by atoms with Gasteiger partial charge in [-0.1, -0.05) is 19.0 Å². The van der Waals surface area contributed by atoms with Crippen LogP contribution in [0.2, 0.25) is 0 Å². The smallest absolute Gasteiger partial charge is 0.457 e. The van der Waals surface area contributed by atoms with E-state index in [1.165, 1.54) is 6.07 Å². The zero-order valence-corrected chi connectivity index (χ0v) is 21.7. The van der Waals surface area contributed by atoms with Crippen molar-refractivity contribution in [1.29, 1.82) is 0 Å². The van der Waals surface area contributed by atoms with Gasteiger partial charge in [0.25, 0.3) is 5.56 Å². The number of nitrogens with zero attached hydrogens (tertiary/aromatic N) is 5. The third-order valence-corrected chi connectivity index (χ3v) is 7.31. The fourth-order valence-corrected chi connectivity index (χ4v) is 5.26. The number of ether oxygens (including phenoxy) is 2. The summed E-state index contributed by atoms with van der Waals surface area (Å²) in [5.74, 6) is -2.22. The number of aliphatic hydroxyl groups is 1. The second kappa shape index (κ2) is 9.52. The summed E-state index contributed by atoms with van der Waals surface area (Å²) in [6.07, 6.45) is 0.0867. The van der Waals surface area contributed by atoms with Crippen LogP contribution in [-0.4, -0.2) is 36.7 Å². The minimum atomic E-state index is -1.93. The van der Waals surface area contributed by atoms with Gasteiger partial charge in [0.15, 0.2) is 17.2 Å². The van der Waals surface area contributed by atoms with Crippen molar-refractivity contribution in [1.82, 2.24) is 19.5 Å². The van der Waals surface area contributed by atoms with Gasteiger partial charge in [0.05, 0.1) is 35.2 Å². The number of halogens is 1. The van der Waals surface area contributed by atoms with E-state index in [4.69, 9.17) is 14.5 Å². The molecule has 5 heterocycles. The summed E-state index contributed by atoms with van der Waals surface area (Å²) in [5.41, 5.74) is 0.548. The molecule has 6 rings (SSSR count). The Kier molecular flexibility index (Phi) is 6.07. The Balaban J connectivity index is 1.38. The fourth-order valence-electron chi connectivity index (χ4n) is 5.26. The molecule has 0 bridgehead atoms. The number of cyclic esters (lactones) is 1. The Labute approximate surface area is 229 Å². The molecule has 2 N–H and O–H groups in total. The van der Waals surface area contributed by atoms with Gasteiger partial charge in [0.1, 0.15) is 12.4 Å². The summed E-state index contributed by atoms with van der Waals surface area (Å²) < 4.78 is 25.6. The van der Waals surface area contributed by atoms with Gasteiger partial charge < -0.3 is 19.1 Å². The quantitative estimate of drug-likeness (QED) is 0.247. The van der Waals surface area contributed by atoms with Crippen LogP contribution in [0.15, 0.2) is 50.3 Å². The number of aryl methyl sites for hydroxylation is 1. The number of hydrogen-bond donors (Lipinski definition) is 2. The van der Waals surface area contributed by atoms with E-state index >= 15 is 0 Å². The molecule has 1 aromatic carbocycles. The molecule has 4 aromatic rings. The Morgan fingerprint density at radius 2 is 2.05 bits per heavy atom. The van der Waals surface area contributed by atoms with E-state index in [1.807, 2.05) is 11.9 Å². The van der Waals surface area contributed by atoms with Crippen LogP contribution in [0.1, 0.15) is 42.5 Å². The number of hydrogen-bond acceptors (Lipinski definition) is 10. The lowest BCUT2D eigenvalue weighted by atomic mass is 9.86. The summed E-state index contributed by atoms with van der Waals surface area (Å²) in [7, 11) is 0. The first-order valence-electron chi connectivity index (χ1n) is 12.7. The summed E-state index contributed by atoms with van der Waals surface area (Å²) in [5, 5.41) is 18.4. The maximum absolute atomic E-state index is 13.7. The van der Waals surface area contributed by atoms with E-state index in [2.05, 4.69) is 15.2 Å². The number of azo groups is 1. The molecule has 2 aliphatic rings. The molecule has 0 saturated heterocycles. The maximum atomic E-state index is 13.7. The molecule has 41 heavy (non-hydrogen) atoms. The van der Waals surface area contributed by atoms with E-state index in [-0.39, 0.29) is 42.0 Å². The monoisotopic (exact) mass is 560 g/mol. The van der Waals surface area contributed by atoms with Gasteiger partial charge in [-0.05, 0) is 42.7 Å². The largest absolute Gasteiger partial charge is 0.458 e. The lowest BCUT2D eigenvalue weighted by Gasteiger charge is -2.31. The van der Waals surface area contributed by atoms with Crippen molar-refractivity contribution < 1.29 is 28.6 Å². The number of fused-ring (bicyclic) bond motifs is 5. The topological polar surface area (TPSA) is 178 Å². The van der Waals surface area contributed by atoms with Crippen molar-refractivity contribution >= 4 is 28.8 Å². The number of aromatic amines is 1. The SMILES string of the molecule is CCc1c2c(nc3ccc(OC(=O)N=Nc4[nH]c(=O)ncc4F)cc13)-c1cc3c(c(=O)n1C2)COC(=O)[C@]3(O)CC. The highest BCUT2D eigenvalue weighted by molar-refractivity contribution is 5.90.